The fraction of sp³-hybridized carbons (Fsp3) is 0. The van der Waals surface area contributed by atoms with E-state index in [0.717, 1.165) is 0 Å². The van der Waals surface area contributed by atoms with Crippen molar-refractivity contribution in [1.29, 1.82) is 0 Å². The molecule has 0 bridgehead atoms. The third-order valence-electron chi connectivity index (χ3n) is 4.83. The van der Waals surface area contributed by atoms with Crippen LogP contribution in [0.1, 0.15) is 31.8 Å². The molecule has 0 radical (unpaired) electrons. The predicted octanol–water partition coefficient (Wildman–Crippen LogP) is 2.12. The van der Waals surface area contributed by atoms with Crippen LogP contribution >= 0.6 is 0 Å². The number of fused-ring (bicyclic) bond motifs is 2. The molecule has 8 nitrogen and oxygen atoms in total. The SMILES string of the molecule is Nc1cccc(-c2c(N)c(S(=O)(=O)O)c(N)c3c2C(=O)c2ccccc2C3=O)c1. The average molecular weight is 409 g/mol. The summed E-state index contributed by atoms with van der Waals surface area (Å²) in [6.45, 7) is 0. The van der Waals surface area contributed by atoms with Gasteiger partial charge in [0.25, 0.3) is 10.1 Å². The Morgan fingerprint density at radius 2 is 1.28 bits per heavy atom. The fourth-order valence-corrected chi connectivity index (χ4v) is 4.41. The van der Waals surface area contributed by atoms with Crippen LogP contribution in [-0.4, -0.2) is 24.5 Å². The number of hydrogen-bond donors (Lipinski definition) is 4. The number of anilines is 3. The van der Waals surface area contributed by atoms with E-state index in [-0.39, 0.29) is 27.8 Å². The summed E-state index contributed by atoms with van der Waals surface area (Å²) in [6.07, 6.45) is 0. The molecule has 0 saturated carbocycles. The highest BCUT2D eigenvalue weighted by Gasteiger charge is 2.38. The minimum atomic E-state index is -4.90. The number of nitrogens with two attached hydrogens (primary N) is 3. The molecule has 9 heteroatoms. The summed E-state index contributed by atoms with van der Waals surface area (Å²) in [7, 11) is -4.90. The molecule has 3 aromatic rings. The lowest BCUT2D eigenvalue weighted by atomic mass is 9.79. The summed E-state index contributed by atoms with van der Waals surface area (Å²) in [5.74, 6) is -1.17. The lowest BCUT2D eigenvalue weighted by Crippen LogP contribution is -2.26. The highest BCUT2D eigenvalue weighted by atomic mass is 32.2. The molecule has 0 amide bonds. The first-order valence-electron chi connectivity index (χ1n) is 8.39. The molecule has 7 N–H and O–H groups in total. The zero-order chi connectivity index (χ0) is 21.1. The van der Waals surface area contributed by atoms with Crippen LogP contribution in [0.25, 0.3) is 11.1 Å². The predicted molar refractivity (Wildman–Crippen MR) is 108 cm³/mol. The van der Waals surface area contributed by atoms with Gasteiger partial charge in [0, 0.05) is 27.9 Å². The van der Waals surface area contributed by atoms with Crippen LogP contribution in [-0.2, 0) is 10.1 Å². The van der Waals surface area contributed by atoms with E-state index in [0.29, 0.717) is 11.3 Å². The zero-order valence-electron chi connectivity index (χ0n) is 14.8. The molecule has 0 spiro atoms. The Balaban J connectivity index is 2.23. The molecule has 0 saturated heterocycles. The Labute approximate surface area is 165 Å². The Morgan fingerprint density at radius 3 is 1.83 bits per heavy atom. The van der Waals surface area contributed by atoms with Gasteiger partial charge in [-0.05, 0) is 17.7 Å². The van der Waals surface area contributed by atoms with Gasteiger partial charge < -0.3 is 17.2 Å². The van der Waals surface area contributed by atoms with Gasteiger partial charge in [-0.1, -0.05) is 36.4 Å². The van der Waals surface area contributed by atoms with Crippen molar-refractivity contribution in [3.63, 3.8) is 0 Å². The van der Waals surface area contributed by atoms with Crippen molar-refractivity contribution >= 4 is 38.7 Å². The van der Waals surface area contributed by atoms with Crippen molar-refractivity contribution in [2.24, 2.45) is 0 Å². The maximum absolute atomic E-state index is 13.3. The van der Waals surface area contributed by atoms with Crippen LogP contribution in [0.4, 0.5) is 17.1 Å². The second-order valence-electron chi connectivity index (χ2n) is 6.59. The average Bonchev–Trinajstić information content (AvgIpc) is 2.64. The number of carbonyl (C=O) groups excluding carboxylic acids is 2. The Bertz CT molecular complexity index is 1350. The van der Waals surface area contributed by atoms with Gasteiger partial charge in [-0.3, -0.25) is 14.1 Å². The van der Waals surface area contributed by atoms with E-state index in [1.807, 2.05) is 0 Å². The zero-order valence-corrected chi connectivity index (χ0v) is 15.7. The molecule has 0 fully saturated rings. The van der Waals surface area contributed by atoms with Crippen molar-refractivity contribution < 1.29 is 22.6 Å². The van der Waals surface area contributed by atoms with Gasteiger partial charge in [0.1, 0.15) is 4.90 Å². The lowest BCUT2D eigenvalue weighted by Gasteiger charge is -2.25. The van der Waals surface area contributed by atoms with E-state index >= 15 is 0 Å². The summed E-state index contributed by atoms with van der Waals surface area (Å²) < 4.78 is 33.8. The first kappa shape index (κ1) is 18.7. The molecule has 0 atom stereocenters. The number of rotatable bonds is 2. The van der Waals surface area contributed by atoms with Crippen LogP contribution in [0.5, 0.6) is 0 Å². The van der Waals surface area contributed by atoms with Gasteiger partial charge >= 0.3 is 0 Å². The van der Waals surface area contributed by atoms with Crippen molar-refractivity contribution in [1.82, 2.24) is 0 Å². The summed E-state index contributed by atoms with van der Waals surface area (Å²) in [5.41, 5.74) is 17.3. The number of ketones is 2. The van der Waals surface area contributed by atoms with Gasteiger partial charge in [-0.2, -0.15) is 8.42 Å². The smallest absolute Gasteiger partial charge is 0.298 e. The van der Waals surface area contributed by atoms with Crippen molar-refractivity contribution in [3.05, 3.63) is 70.8 Å². The lowest BCUT2D eigenvalue weighted by molar-refractivity contribution is 0.0980. The molecule has 4 rings (SSSR count). The monoisotopic (exact) mass is 409 g/mol. The van der Waals surface area contributed by atoms with Crippen molar-refractivity contribution in [2.75, 3.05) is 17.2 Å². The van der Waals surface area contributed by atoms with Crippen molar-refractivity contribution in [2.45, 2.75) is 4.90 Å². The van der Waals surface area contributed by atoms with E-state index in [4.69, 9.17) is 17.2 Å². The second-order valence-corrected chi connectivity index (χ2v) is 7.94. The third-order valence-corrected chi connectivity index (χ3v) is 5.79. The first-order chi connectivity index (χ1) is 13.6. The highest BCUT2D eigenvalue weighted by Crippen LogP contribution is 2.45. The van der Waals surface area contributed by atoms with E-state index in [1.165, 1.54) is 18.2 Å². The highest BCUT2D eigenvalue weighted by molar-refractivity contribution is 7.86. The number of carbonyl (C=O) groups is 2. The Morgan fingerprint density at radius 1 is 0.724 bits per heavy atom. The molecule has 1 aliphatic rings. The van der Waals surface area contributed by atoms with Crippen LogP contribution < -0.4 is 17.2 Å². The Hall–Kier alpha value is -3.69. The molecule has 0 aromatic heterocycles. The van der Waals surface area contributed by atoms with Gasteiger partial charge in [0.2, 0.25) is 0 Å². The summed E-state index contributed by atoms with van der Waals surface area (Å²) in [4.78, 5) is 25.6. The summed E-state index contributed by atoms with van der Waals surface area (Å²) in [5, 5.41) is 0. The second kappa shape index (κ2) is 6.16. The molecule has 29 heavy (non-hydrogen) atoms. The number of hydrogen-bond acceptors (Lipinski definition) is 7. The van der Waals surface area contributed by atoms with Crippen LogP contribution in [0, 0.1) is 0 Å². The van der Waals surface area contributed by atoms with E-state index in [9.17, 15) is 22.6 Å². The maximum atomic E-state index is 13.3. The molecule has 1 aliphatic carbocycles. The summed E-state index contributed by atoms with van der Waals surface area (Å²) >= 11 is 0. The van der Waals surface area contributed by atoms with Gasteiger partial charge in [0.15, 0.2) is 11.6 Å². The quantitative estimate of drug-likeness (QED) is 0.288. The minimum Gasteiger partial charge on any atom is -0.399 e. The largest absolute Gasteiger partial charge is 0.399 e. The molecule has 0 heterocycles. The number of nitrogen functional groups attached to an aromatic ring is 3. The molecular weight excluding hydrogens is 394 g/mol. The van der Waals surface area contributed by atoms with Crippen LogP contribution in [0.2, 0.25) is 0 Å². The third kappa shape index (κ3) is 2.67. The summed E-state index contributed by atoms with van der Waals surface area (Å²) in [6, 6.07) is 12.3. The molecule has 3 aromatic carbocycles. The molecule has 0 unspecified atom stereocenters. The van der Waals surface area contributed by atoms with Gasteiger partial charge in [0.05, 0.1) is 16.9 Å². The first-order valence-corrected chi connectivity index (χ1v) is 9.83. The topological polar surface area (TPSA) is 167 Å². The maximum Gasteiger partial charge on any atom is 0.298 e. The van der Waals surface area contributed by atoms with Gasteiger partial charge in [-0.25, -0.2) is 0 Å². The molecular formula is C20H15N3O5S. The van der Waals surface area contributed by atoms with E-state index in [1.54, 1.807) is 30.3 Å². The Kier molecular flexibility index (Phi) is 3.96. The van der Waals surface area contributed by atoms with Gasteiger partial charge in [-0.15, -0.1) is 0 Å². The standard InChI is InChI=1S/C20H15N3O5S/c21-10-5-3-4-9(8-10)13-14-15(17(23)20(16(13)22)29(26,27)28)19(25)12-7-2-1-6-11(12)18(14)24/h1-8H,21-23H2,(H,26,27,28). The normalized spacial score (nSPS) is 13.1. The van der Waals surface area contributed by atoms with E-state index in [2.05, 4.69) is 0 Å². The van der Waals surface area contributed by atoms with E-state index < -0.39 is 38.0 Å². The van der Waals surface area contributed by atoms with Crippen LogP contribution in [0.15, 0.2) is 53.4 Å². The fourth-order valence-electron chi connectivity index (χ4n) is 3.65. The van der Waals surface area contributed by atoms with Crippen molar-refractivity contribution in [3.8, 4) is 11.1 Å². The molecule has 146 valence electrons. The molecule has 0 aliphatic heterocycles. The number of benzene rings is 3. The minimum absolute atomic E-state index is 0.0259. The van der Waals surface area contributed by atoms with Crippen LogP contribution in [0.3, 0.4) is 0 Å².